The number of anilines is 1. The Morgan fingerprint density at radius 2 is 1.93 bits per heavy atom. The molecule has 1 aliphatic carbocycles. The van der Waals surface area contributed by atoms with Gasteiger partial charge in [0.15, 0.2) is 0 Å². The van der Waals surface area contributed by atoms with E-state index in [0.29, 0.717) is 31.0 Å². The van der Waals surface area contributed by atoms with Crippen molar-refractivity contribution < 1.29 is 9.90 Å². The van der Waals surface area contributed by atoms with Crippen LogP contribution in [-0.4, -0.2) is 65.2 Å². The Balaban J connectivity index is 1.41. The Kier molecular flexibility index (Phi) is 6.22. The molecule has 2 N–H and O–H groups in total. The number of piperazine rings is 1. The van der Waals surface area contributed by atoms with E-state index in [2.05, 4.69) is 27.1 Å². The number of halogens is 1. The summed E-state index contributed by atoms with van der Waals surface area (Å²) in [6.45, 7) is 4.83. The number of aliphatic hydroxyl groups is 1. The van der Waals surface area contributed by atoms with E-state index in [1.54, 1.807) is 0 Å². The highest BCUT2D eigenvalue weighted by atomic mass is 35.5. The van der Waals surface area contributed by atoms with E-state index >= 15 is 0 Å². The molecular formula is C22H28ClN5O2. The van der Waals surface area contributed by atoms with Gasteiger partial charge in [0.25, 0.3) is 0 Å². The van der Waals surface area contributed by atoms with Crippen molar-refractivity contribution in [2.45, 2.75) is 37.8 Å². The number of hydrogen-bond donors (Lipinski definition) is 2. The van der Waals surface area contributed by atoms with Crippen molar-refractivity contribution in [3.05, 3.63) is 52.4 Å². The average molecular weight is 430 g/mol. The highest BCUT2D eigenvalue weighted by Crippen LogP contribution is 2.42. The van der Waals surface area contributed by atoms with Gasteiger partial charge in [-0.25, -0.2) is 9.97 Å². The van der Waals surface area contributed by atoms with Crippen molar-refractivity contribution in [1.29, 1.82) is 0 Å². The Morgan fingerprint density at radius 1 is 1.23 bits per heavy atom. The number of rotatable bonds is 5. The first kappa shape index (κ1) is 21.0. The van der Waals surface area contributed by atoms with Gasteiger partial charge in [-0.05, 0) is 43.5 Å². The van der Waals surface area contributed by atoms with Crippen molar-refractivity contribution >= 4 is 23.3 Å². The zero-order chi connectivity index (χ0) is 21.3. The number of aromatic nitrogens is 2. The molecule has 2 heterocycles. The number of amides is 1. The molecule has 8 heteroatoms. The fraction of sp³-hybridized carbons (Fsp3) is 0.500. The van der Waals surface area contributed by atoms with E-state index in [-0.39, 0.29) is 17.9 Å². The third kappa shape index (κ3) is 4.15. The largest absolute Gasteiger partial charge is 0.387 e. The number of fused-ring (bicyclic) bond motifs is 1. The van der Waals surface area contributed by atoms with Crippen LogP contribution < -0.4 is 10.2 Å². The lowest BCUT2D eigenvalue weighted by molar-refractivity contribution is -0.133. The molecular weight excluding hydrogens is 402 g/mol. The Hall–Kier alpha value is -2.22. The summed E-state index contributed by atoms with van der Waals surface area (Å²) in [6, 6.07) is 7.36. The monoisotopic (exact) mass is 429 g/mol. The molecule has 0 spiro atoms. The quantitative estimate of drug-likeness (QED) is 0.758. The van der Waals surface area contributed by atoms with Crippen LogP contribution in [0.25, 0.3) is 0 Å². The molecule has 0 bridgehead atoms. The lowest BCUT2D eigenvalue weighted by Crippen LogP contribution is -2.54. The number of hydrogen-bond acceptors (Lipinski definition) is 6. The zero-order valence-electron chi connectivity index (χ0n) is 17.4. The van der Waals surface area contributed by atoms with E-state index in [4.69, 9.17) is 11.6 Å². The van der Waals surface area contributed by atoms with Crippen LogP contribution in [0.15, 0.2) is 30.6 Å². The Labute approximate surface area is 182 Å². The second-order valence-electron chi connectivity index (χ2n) is 8.13. The van der Waals surface area contributed by atoms with E-state index < -0.39 is 6.10 Å². The van der Waals surface area contributed by atoms with Gasteiger partial charge in [-0.3, -0.25) is 4.79 Å². The predicted molar refractivity (Wildman–Crippen MR) is 117 cm³/mol. The van der Waals surface area contributed by atoms with Crippen LogP contribution in [0, 0.1) is 0 Å². The van der Waals surface area contributed by atoms with Crippen molar-refractivity contribution in [1.82, 2.24) is 20.2 Å². The molecule has 1 aromatic heterocycles. The van der Waals surface area contributed by atoms with Crippen molar-refractivity contribution in [2.75, 3.05) is 38.1 Å². The molecule has 1 amide bonds. The van der Waals surface area contributed by atoms with E-state index in [9.17, 15) is 9.90 Å². The minimum atomic E-state index is -0.510. The number of carbonyl (C=O) groups is 1. The summed E-state index contributed by atoms with van der Waals surface area (Å²) in [4.78, 5) is 26.0. The van der Waals surface area contributed by atoms with Gasteiger partial charge in [-0.1, -0.05) is 30.7 Å². The van der Waals surface area contributed by atoms with E-state index in [0.717, 1.165) is 35.7 Å². The van der Waals surface area contributed by atoms with Crippen molar-refractivity contribution in [3.63, 3.8) is 0 Å². The van der Waals surface area contributed by atoms with Crippen LogP contribution in [0.3, 0.4) is 0 Å². The number of aliphatic hydroxyl groups excluding tert-OH is 1. The third-order valence-electron chi connectivity index (χ3n) is 6.17. The normalized spacial score (nSPS) is 22.1. The molecule has 160 valence electrons. The molecule has 30 heavy (non-hydrogen) atoms. The average Bonchev–Trinajstić information content (AvgIpc) is 3.07. The molecule has 0 radical (unpaired) electrons. The molecule has 4 rings (SSSR count). The topological polar surface area (TPSA) is 81.6 Å². The standard InChI is InChI=1S/C22H28ClN5O2/c1-14-11-18(29)20-19(14)21(26-13-25-20)27-7-9-28(10-8-27)22(30)17(24-2)12-15-3-5-16(23)6-4-15/h3-6,13-14,17-18,24,29H,7-12H2,1-2H3/t14-,17-,18-/m1/s1. The number of likely N-dealkylation sites (N-methyl/N-ethyl adjacent to an activating group) is 1. The smallest absolute Gasteiger partial charge is 0.240 e. The molecule has 0 saturated carbocycles. The van der Waals surface area contributed by atoms with Crippen molar-refractivity contribution in [3.8, 4) is 0 Å². The first-order chi connectivity index (χ1) is 14.5. The minimum Gasteiger partial charge on any atom is -0.387 e. The summed E-state index contributed by atoms with van der Waals surface area (Å²) in [6.07, 6.45) is 2.34. The van der Waals surface area contributed by atoms with Gasteiger partial charge in [0.05, 0.1) is 17.8 Å². The molecule has 1 saturated heterocycles. The highest BCUT2D eigenvalue weighted by Gasteiger charge is 2.34. The number of nitrogens with one attached hydrogen (secondary N) is 1. The summed E-state index contributed by atoms with van der Waals surface area (Å²) in [5.74, 6) is 1.25. The summed E-state index contributed by atoms with van der Waals surface area (Å²) >= 11 is 5.96. The molecule has 2 aromatic rings. The fourth-order valence-electron chi connectivity index (χ4n) is 4.48. The molecule has 0 unspecified atom stereocenters. The second kappa shape index (κ2) is 8.88. The Morgan fingerprint density at radius 3 is 2.60 bits per heavy atom. The first-order valence-electron chi connectivity index (χ1n) is 10.5. The van der Waals surface area contributed by atoms with E-state index in [1.165, 1.54) is 6.33 Å². The molecule has 1 aromatic carbocycles. The molecule has 1 aliphatic heterocycles. The van der Waals surface area contributed by atoms with Gasteiger partial charge >= 0.3 is 0 Å². The summed E-state index contributed by atoms with van der Waals surface area (Å²) in [7, 11) is 1.83. The van der Waals surface area contributed by atoms with Crippen LogP contribution in [0.2, 0.25) is 5.02 Å². The second-order valence-corrected chi connectivity index (χ2v) is 8.57. The SMILES string of the molecule is CN[C@H](Cc1ccc(Cl)cc1)C(=O)N1CCN(c2ncnc3c2[C@H](C)C[C@H]3O)CC1. The Bertz CT molecular complexity index is 899. The maximum absolute atomic E-state index is 13.1. The molecule has 3 atom stereocenters. The number of carbonyl (C=O) groups excluding carboxylic acids is 1. The lowest BCUT2D eigenvalue weighted by atomic mass is 10.0. The summed E-state index contributed by atoms with van der Waals surface area (Å²) in [5, 5.41) is 14.1. The van der Waals surface area contributed by atoms with Gasteiger partial charge in [0.1, 0.15) is 12.1 Å². The van der Waals surface area contributed by atoms with Gasteiger partial charge in [-0.2, -0.15) is 0 Å². The van der Waals surface area contributed by atoms with Gasteiger partial charge < -0.3 is 20.2 Å². The fourth-order valence-corrected chi connectivity index (χ4v) is 4.61. The van der Waals surface area contributed by atoms with Crippen LogP contribution in [0.4, 0.5) is 5.82 Å². The van der Waals surface area contributed by atoms with Gasteiger partial charge in [-0.15, -0.1) is 0 Å². The highest BCUT2D eigenvalue weighted by molar-refractivity contribution is 6.30. The van der Waals surface area contributed by atoms with Crippen molar-refractivity contribution in [2.24, 2.45) is 0 Å². The van der Waals surface area contributed by atoms with Crippen LogP contribution >= 0.6 is 11.6 Å². The van der Waals surface area contributed by atoms with Crippen LogP contribution in [0.5, 0.6) is 0 Å². The molecule has 2 aliphatic rings. The number of benzene rings is 1. The van der Waals surface area contributed by atoms with Gasteiger partial charge in [0, 0.05) is 36.8 Å². The summed E-state index contributed by atoms with van der Waals surface area (Å²) in [5.41, 5.74) is 2.89. The maximum atomic E-state index is 13.1. The first-order valence-corrected chi connectivity index (χ1v) is 10.8. The van der Waals surface area contributed by atoms with Crippen LogP contribution in [0.1, 0.15) is 42.2 Å². The molecule has 1 fully saturated rings. The number of nitrogens with zero attached hydrogens (tertiary/aromatic N) is 4. The van der Waals surface area contributed by atoms with Crippen LogP contribution in [-0.2, 0) is 11.2 Å². The minimum absolute atomic E-state index is 0.115. The third-order valence-corrected chi connectivity index (χ3v) is 6.42. The lowest BCUT2D eigenvalue weighted by Gasteiger charge is -2.37. The predicted octanol–water partition coefficient (Wildman–Crippen LogP) is 2.15. The van der Waals surface area contributed by atoms with E-state index in [1.807, 2.05) is 36.2 Å². The van der Waals surface area contributed by atoms with Gasteiger partial charge in [0.2, 0.25) is 5.91 Å². The maximum Gasteiger partial charge on any atom is 0.240 e. The summed E-state index contributed by atoms with van der Waals surface area (Å²) < 4.78 is 0. The zero-order valence-corrected chi connectivity index (χ0v) is 18.1. The molecule has 7 nitrogen and oxygen atoms in total.